The molecule has 0 saturated heterocycles. The van der Waals surface area contributed by atoms with Gasteiger partial charge in [-0.1, -0.05) is 54.6 Å². The van der Waals surface area contributed by atoms with E-state index in [1.807, 2.05) is 58.8 Å². The Morgan fingerprint density at radius 1 is 0.935 bits per heavy atom. The largest absolute Gasteiger partial charge is 0.333 e. The van der Waals surface area contributed by atoms with E-state index in [0.29, 0.717) is 13.0 Å². The topological polar surface area (TPSA) is 49.4 Å². The van der Waals surface area contributed by atoms with Crippen molar-refractivity contribution in [1.82, 2.24) is 4.90 Å². The fourth-order valence-electron chi connectivity index (χ4n) is 4.19. The van der Waals surface area contributed by atoms with Crippen molar-refractivity contribution in [3.8, 4) is 0 Å². The predicted octanol–water partition coefficient (Wildman–Crippen LogP) is 5.28. The third-order valence-electron chi connectivity index (χ3n) is 5.75. The summed E-state index contributed by atoms with van der Waals surface area (Å²) >= 11 is 1.47. The molecule has 0 fully saturated rings. The molecule has 31 heavy (non-hydrogen) atoms. The van der Waals surface area contributed by atoms with Gasteiger partial charge in [-0.05, 0) is 57.5 Å². The number of nitrogens with zero attached hydrogens (tertiary/aromatic N) is 1. The lowest BCUT2D eigenvalue weighted by Gasteiger charge is -2.29. The van der Waals surface area contributed by atoms with Gasteiger partial charge in [-0.15, -0.1) is 11.3 Å². The Labute approximate surface area is 185 Å². The molecule has 1 aliphatic heterocycles. The summed E-state index contributed by atoms with van der Waals surface area (Å²) < 4.78 is 0. The summed E-state index contributed by atoms with van der Waals surface area (Å²) in [6.07, 6.45) is 1.15. The fourth-order valence-corrected chi connectivity index (χ4v) is 4.88. The van der Waals surface area contributed by atoms with Crippen molar-refractivity contribution in [2.45, 2.75) is 19.4 Å². The molecular weight excluding hydrogens is 404 g/mol. The fraction of sp³-hybridized carbons (Fsp3) is 0.154. The van der Waals surface area contributed by atoms with Gasteiger partial charge < -0.3 is 10.2 Å². The molecule has 0 spiro atoms. The minimum Gasteiger partial charge on any atom is -0.333 e. The van der Waals surface area contributed by atoms with Gasteiger partial charge in [-0.25, -0.2) is 0 Å². The molecule has 0 bridgehead atoms. The van der Waals surface area contributed by atoms with Gasteiger partial charge in [0.2, 0.25) is 5.91 Å². The Kier molecular flexibility index (Phi) is 5.26. The molecule has 5 rings (SSSR count). The minimum absolute atomic E-state index is 0.0429. The van der Waals surface area contributed by atoms with Gasteiger partial charge in [0.1, 0.15) is 0 Å². The summed E-state index contributed by atoms with van der Waals surface area (Å²) in [5.41, 5.74) is 4.12. The van der Waals surface area contributed by atoms with E-state index in [2.05, 4.69) is 29.6 Å². The van der Waals surface area contributed by atoms with Crippen LogP contribution in [0, 0.1) is 0 Å². The SMILES string of the molecule is O=C(Cc1cccc2ccccc12)Nc1ccc2c(c1)CN(C(=O)c1cccs1)CC2. The first kappa shape index (κ1) is 19.5. The summed E-state index contributed by atoms with van der Waals surface area (Å²) in [4.78, 5) is 28.1. The smallest absolute Gasteiger partial charge is 0.264 e. The number of fused-ring (bicyclic) bond motifs is 2. The van der Waals surface area contributed by atoms with E-state index in [4.69, 9.17) is 0 Å². The first-order valence-corrected chi connectivity index (χ1v) is 11.3. The summed E-state index contributed by atoms with van der Waals surface area (Å²) in [6.45, 7) is 1.29. The highest BCUT2D eigenvalue weighted by Crippen LogP contribution is 2.25. The van der Waals surface area contributed by atoms with Crippen LogP contribution in [0.1, 0.15) is 26.4 Å². The van der Waals surface area contributed by atoms with Crippen LogP contribution in [0.4, 0.5) is 5.69 Å². The second-order valence-electron chi connectivity index (χ2n) is 7.80. The zero-order chi connectivity index (χ0) is 21.2. The van der Waals surface area contributed by atoms with Crippen LogP contribution in [0.15, 0.2) is 78.2 Å². The van der Waals surface area contributed by atoms with Crippen LogP contribution in [0.2, 0.25) is 0 Å². The molecular formula is C26H22N2O2S. The Morgan fingerprint density at radius 3 is 2.68 bits per heavy atom. The third kappa shape index (κ3) is 4.09. The molecule has 0 saturated carbocycles. The molecule has 2 amide bonds. The highest BCUT2D eigenvalue weighted by Gasteiger charge is 2.22. The number of hydrogen-bond donors (Lipinski definition) is 1. The van der Waals surface area contributed by atoms with Gasteiger partial charge in [-0.3, -0.25) is 9.59 Å². The van der Waals surface area contributed by atoms with Crippen molar-refractivity contribution in [2.24, 2.45) is 0 Å². The summed E-state index contributed by atoms with van der Waals surface area (Å²) in [6, 6.07) is 24.0. The summed E-state index contributed by atoms with van der Waals surface area (Å²) in [5, 5.41) is 7.20. The molecule has 4 nitrogen and oxygen atoms in total. The molecule has 1 N–H and O–H groups in total. The van der Waals surface area contributed by atoms with E-state index < -0.39 is 0 Å². The maximum atomic E-state index is 12.7. The highest BCUT2D eigenvalue weighted by atomic mass is 32.1. The molecule has 1 aliphatic rings. The zero-order valence-corrected chi connectivity index (χ0v) is 17.8. The molecule has 3 aromatic carbocycles. The van der Waals surface area contributed by atoms with Gasteiger partial charge in [-0.2, -0.15) is 0 Å². The van der Waals surface area contributed by atoms with Crippen LogP contribution < -0.4 is 5.32 Å². The van der Waals surface area contributed by atoms with Crippen LogP contribution in [0.25, 0.3) is 10.8 Å². The summed E-state index contributed by atoms with van der Waals surface area (Å²) in [5.74, 6) is 0.0321. The minimum atomic E-state index is -0.0429. The first-order chi connectivity index (χ1) is 15.2. The van der Waals surface area contributed by atoms with Crippen LogP contribution in [0.3, 0.4) is 0 Å². The Bertz CT molecular complexity index is 1260. The number of anilines is 1. The average molecular weight is 427 g/mol. The molecule has 0 unspecified atom stereocenters. The molecule has 2 heterocycles. The number of benzene rings is 3. The second-order valence-corrected chi connectivity index (χ2v) is 8.75. The monoisotopic (exact) mass is 426 g/mol. The van der Waals surface area contributed by atoms with E-state index in [-0.39, 0.29) is 11.8 Å². The number of nitrogens with one attached hydrogen (secondary N) is 1. The van der Waals surface area contributed by atoms with E-state index >= 15 is 0 Å². The number of carbonyl (C=O) groups excluding carboxylic acids is 2. The number of rotatable bonds is 4. The van der Waals surface area contributed by atoms with Crippen molar-refractivity contribution < 1.29 is 9.59 Å². The molecule has 0 aliphatic carbocycles. The van der Waals surface area contributed by atoms with Crippen LogP contribution in [0.5, 0.6) is 0 Å². The molecule has 4 aromatic rings. The lowest BCUT2D eigenvalue weighted by molar-refractivity contribution is -0.115. The van der Waals surface area contributed by atoms with E-state index in [9.17, 15) is 9.59 Å². The molecule has 154 valence electrons. The lowest BCUT2D eigenvalue weighted by Crippen LogP contribution is -2.35. The van der Waals surface area contributed by atoms with E-state index in [1.165, 1.54) is 16.9 Å². The Morgan fingerprint density at radius 2 is 1.81 bits per heavy atom. The van der Waals surface area contributed by atoms with Gasteiger partial charge in [0.05, 0.1) is 11.3 Å². The first-order valence-electron chi connectivity index (χ1n) is 10.4. The van der Waals surface area contributed by atoms with E-state index in [1.54, 1.807) is 0 Å². The predicted molar refractivity (Wildman–Crippen MR) is 125 cm³/mol. The highest BCUT2D eigenvalue weighted by molar-refractivity contribution is 7.12. The van der Waals surface area contributed by atoms with Crippen molar-refractivity contribution in [3.63, 3.8) is 0 Å². The zero-order valence-electron chi connectivity index (χ0n) is 17.0. The quantitative estimate of drug-likeness (QED) is 0.483. The molecule has 0 atom stereocenters. The summed E-state index contributed by atoms with van der Waals surface area (Å²) in [7, 11) is 0. The standard InChI is InChI=1S/C26H22N2O2S/c29-25(16-20-7-3-6-19-5-1-2-8-23(19)20)27-22-11-10-18-12-13-28(17-21(18)15-22)26(30)24-9-4-14-31-24/h1-11,14-15H,12-13,16-17H2,(H,27,29). The van der Waals surface area contributed by atoms with Crippen molar-refractivity contribution >= 4 is 39.6 Å². The normalized spacial score (nSPS) is 13.1. The number of amides is 2. The number of hydrogen-bond acceptors (Lipinski definition) is 3. The Hall–Kier alpha value is -3.44. The molecule has 1 aromatic heterocycles. The van der Waals surface area contributed by atoms with Gasteiger partial charge in [0, 0.05) is 18.8 Å². The third-order valence-corrected chi connectivity index (χ3v) is 6.61. The molecule has 0 radical (unpaired) electrons. The maximum Gasteiger partial charge on any atom is 0.264 e. The van der Waals surface area contributed by atoms with Crippen molar-refractivity contribution in [2.75, 3.05) is 11.9 Å². The molecule has 5 heteroatoms. The van der Waals surface area contributed by atoms with Crippen LogP contribution >= 0.6 is 11.3 Å². The van der Waals surface area contributed by atoms with Crippen molar-refractivity contribution in [1.29, 1.82) is 0 Å². The Balaban J connectivity index is 1.30. The second kappa shape index (κ2) is 8.36. The number of thiophene rings is 1. The maximum absolute atomic E-state index is 12.7. The van der Waals surface area contributed by atoms with Crippen molar-refractivity contribution in [3.05, 3.63) is 99.7 Å². The lowest BCUT2D eigenvalue weighted by atomic mass is 9.98. The average Bonchev–Trinajstić information content (AvgIpc) is 3.33. The number of carbonyl (C=O) groups is 2. The van der Waals surface area contributed by atoms with Gasteiger partial charge in [0.25, 0.3) is 5.91 Å². The van der Waals surface area contributed by atoms with Gasteiger partial charge >= 0.3 is 0 Å². The van der Waals surface area contributed by atoms with Crippen LogP contribution in [-0.2, 0) is 24.2 Å². The van der Waals surface area contributed by atoms with Gasteiger partial charge in [0.15, 0.2) is 0 Å². The van der Waals surface area contributed by atoms with E-state index in [0.717, 1.165) is 45.4 Å². The van der Waals surface area contributed by atoms with Crippen LogP contribution in [-0.4, -0.2) is 23.3 Å².